The van der Waals surface area contributed by atoms with Crippen LogP contribution < -0.4 is 10.6 Å². The molecule has 2 aromatic carbocycles. The molecule has 124 valence electrons. The minimum atomic E-state index is 0.586. The van der Waals surface area contributed by atoms with E-state index in [0.717, 1.165) is 24.5 Å². The van der Waals surface area contributed by atoms with Crippen molar-refractivity contribution in [3.05, 3.63) is 78.6 Å². The molecular weight excluding hydrogens is 310 g/mol. The highest BCUT2D eigenvalue weighted by Crippen LogP contribution is 2.18. The smallest absolute Gasteiger partial charge is 0.229 e. The van der Waals surface area contributed by atoms with E-state index in [9.17, 15) is 0 Å². The molecular formula is C20H19N5. The van der Waals surface area contributed by atoms with Gasteiger partial charge >= 0.3 is 0 Å². The number of nitrogens with one attached hydrogen (secondary N) is 3. The normalized spacial score (nSPS) is 10.7. The van der Waals surface area contributed by atoms with Crippen molar-refractivity contribution in [2.24, 2.45) is 0 Å². The van der Waals surface area contributed by atoms with Crippen LogP contribution in [-0.4, -0.2) is 21.5 Å². The number of aromatic nitrogens is 3. The number of hydrogen-bond acceptors (Lipinski definition) is 4. The molecule has 0 amide bonds. The quantitative estimate of drug-likeness (QED) is 0.492. The van der Waals surface area contributed by atoms with E-state index in [4.69, 9.17) is 0 Å². The summed E-state index contributed by atoms with van der Waals surface area (Å²) in [7, 11) is 0. The Morgan fingerprint density at radius 1 is 0.920 bits per heavy atom. The standard InChI is InChI=1S/C20H19N5/c1-2-6-16(7-3-1)24-20-22-13-11-19(25-20)21-12-10-15-14-23-18-9-5-4-8-17(15)18/h1-9,11,13-14,23H,10,12H2,(H2,21,22,24,25). The van der Waals surface area contributed by atoms with E-state index in [2.05, 4.69) is 50.0 Å². The van der Waals surface area contributed by atoms with Gasteiger partial charge in [-0.3, -0.25) is 0 Å². The second-order valence-electron chi connectivity index (χ2n) is 5.79. The van der Waals surface area contributed by atoms with E-state index in [-0.39, 0.29) is 0 Å². The summed E-state index contributed by atoms with van der Waals surface area (Å²) in [6.45, 7) is 0.809. The molecule has 0 saturated heterocycles. The van der Waals surface area contributed by atoms with Crippen LogP contribution in [0.25, 0.3) is 10.9 Å². The van der Waals surface area contributed by atoms with Gasteiger partial charge in [0.25, 0.3) is 0 Å². The Balaban J connectivity index is 1.39. The summed E-state index contributed by atoms with van der Waals surface area (Å²) < 4.78 is 0. The van der Waals surface area contributed by atoms with Crippen molar-refractivity contribution in [1.82, 2.24) is 15.0 Å². The number of para-hydroxylation sites is 2. The average Bonchev–Trinajstić information content (AvgIpc) is 3.06. The molecule has 4 rings (SSSR count). The van der Waals surface area contributed by atoms with Crippen LogP contribution in [0.3, 0.4) is 0 Å². The molecule has 0 fully saturated rings. The first-order valence-electron chi connectivity index (χ1n) is 8.32. The van der Waals surface area contributed by atoms with Crippen molar-refractivity contribution in [2.75, 3.05) is 17.2 Å². The summed E-state index contributed by atoms with van der Waals surface area (Å²) in [6, 6.07) is 20.1. The molecule has 0 spiro atoms. The van der Waals surface area contributed by atoms with Gasteiger partial charge in [0, 0.05) is 35.5 Å². The fourth-order valence-corrected chi connectivity index (χ4v) is 2.83. The third-order valence-corrected chi connectivity index (χ3v) is 4.06. The molecule has 0 aliphatic carbocycles. The van der Waals surface area contributed by atoms with Gasteiger partial charge in [-0.15, -0.1) is 0 Å². The lowest BCUT2D eigenvalue weighted by molar-refractivity contribution is 1.01. The molecule has 5 heteroatoms. The van der Waals surface area contributed by atoms with Crippen molar-refractivity contribution < 1.29 is 0 Å². The molecule has 4 aromatic rings. The average molecular weight is 329 g/mol. The van der Waals surface area contributed by atoms with Crippen molar-refractivity contribution in [3.8, 4) is 0 Å². The Bertz CT molecular complexity index is 962. The molecule has 2 aromatic heterocycles. The lowest BCUT2D eigenvalue weighted by Gasteiger charge is -2.08. The molecule has 3 N–H and O–H groups in total. The summed E-state index contributed by atoms with van der Waals surface area (Å²) in [4.78, 5) is 12.1. The predicted octanol–water partition coefficient (Wildman–Crippen LogP) is 4.36. The van der Waals surface area contributed by atoms with E-state index in [1.807, 2.05) is 42.5 Å². The fourth-order valence-electron chi connectivity index (χ4n) is 2.83. The van der Waals surface area contributed by atoms with Gasteiger partial charge in [-0.05, 0) is 36.2 Å². The van der Waals surface area contributed by atoms with Gasteiger partial charge in [0.15, 0.2) is 0 Å². The molecule has 0 atom stereocenters. The third kappa shape index (κ3) is 3.61. The van der Waals surface area contributed by atoms with Crippen LogP contribution in [0, 0.1) is 0 Å². The van der Waals surface area contributed by atoms with Crippen LogP contribution in [0.15, 0.2) is 73.1 Å². The third-order valence-electron chi connectivity index (χ3n) is 4.06. The fraction of sp³-hybridized carbons (Fsp3) is 0.100. The summed E-state index contributed by atoms with van der Waals surface area (Å²) in [6.07, 6.45) is 4.76. The summed E-state index contributed by atoms with van der Waals surface area (Å²) in [5.74, 6) is 1.40. The molecule has 0 saturated carbocycles. The van der Waals surface area contributed by atoms with Gasteiger partial charge in [-0.1, -0.05) is 36.4 Å². The lowest BCUT2D eigenvalue weighted by Crippen LogP contribution is -2.07. The number of fused-ring (bicyclic) bond motifs is 1. The van der Waals surface area contributed by atoms with Crippen molar-refractivity contribution in [2.45, 2.75) is 6.42 Å². The topological polar surface area (TPSA) is 65.6 Å². The number of anilines is 3. The Labute approximate surface area is 146 Å². The van der Waals surface area contributed by atoms with Gasteiger partial charge in [0.05, 0.1) is 0 Å². The predicted molar refractivity (Wildman–Crippen MR) is 102 cm³/mol. The number of benzene rings is 2. The van der Waals surface area contributed by atoms with Crippen LogP contribution in [0.1, 0.15) is 5.56 Å². The Morgan fingerprint density at radius 3 is 2.68 bits per heavy atom. The Hall–Kier alpha value is -3.34. The zero-order valence-electron chi connectivity index (χ0n) is 13.7. The molecule has 0 radical (unpaired) electrons. The zero-order chi connectivity index (χ0) is 16.9. The first-order chi connectivity index (χ1) is 12.4. The molecule has 25 heavy (non-hydrogen) atoms. The van der Waals surface area contributed by atoms with Crippen molar-refractivity contribution in [1.29, 1.82) is 0 Å². The first-order valence-corrected chi connectivity index (χ1v) is 8.32. The number of hydrogen-bond donors (Lipinski definition) is 3. The molecule has 2 heterocycles. The summed E-state index contributed by atoms with van der Waals surface area (Å²) in [5, 5.41) is 7.85. The van der Waals surface area contributed by atoms with E-state index in [0.29, 0.717) is 5.95 Å². The van der Waals surface area contributed by atoms with E-state index in [1.54, 1.807) is 6.20 Å². The van der Waals surface area contributed by atoms with Crippen molar-refractivity contribution in [3.63, 3.8) is 0 Å². The second kappa shape index (κ2) is 7.05. The number of nitrogens with zero attached hydrogens (tertiary/aromatic N) is 2. The molecule has 5 nitrogen and oxygen atoms in total. The summed E-state index contributed by atoms with van der Waals surface area (Å²) >= 11 is 0. The van der Waals surface area contributed by atoms with Crippen LogP contribution in [0.4, 0.5) is 17.5 Å². The van der Waals surface area contributed by atoms with Crippen LogP contribution in [0.5, 0.6) is 0 Å². The van der Waals surface area contributed by atoms with Crippen molar-refractivity contribution >= 4 is 28.4 Å². The molecule has 0 bridgehead atoms. The van der Waals surface area contributed by atoms with Gasteiger partial charge in [0.2, 0.25) is 5.95 Å². The highest BCUT2D eigenvalue weighted by atomic mass is 15.1. The maximum Gasteiger partial charge on any atom is 0.229 e. The maximum atomic E-state index is 4.51. The number of H-pyrrole nitrogens is 1. The number of aromatic amines is 1. The minimum Gasteiger partial charge on any atom is -0.370 e. The van der Waals surface area contributed by atoms with Gasteiger partial charge in [-0.25, -0.2) is 4.98 Å². The highest BCUT2D eigenvalue weighted by molar-refractivity contribution is 5.83. The van der Waals surface area contributed by atoms with Gasteiger partial charge in [-0.2, -0.15) is 4.98 Å². The van der Waals surface area contributed by atoms with E-state index >= 15 is 0 Å². The zero-order valence-corrected chi connectivity index (χ0v) is 13.7. The Morgan fingerprint density at radius 2 is 1.76 bits per heavy atom. The Kier molecular flexibility index (Phi) is 4.29. The van der Waals surface area contributed by atoms with E-state index < -0.39 is 0 Å². The minimum absolute atomic E-state index is 0.586. The monoisotopic (exact) mass is 329 g/mol. The van der Waals surface area contributed by atoms with Crippen LogP contribution >= 0.6 is 0 Å². The SMILES string of the molecule is c1ccc(Nc2nccc(NCCc3c[nH]c4ccccc34)n2)cc1. The molecule has 0 aliphatic heterocycles. The maximum absolute atomic E-state index is 4.51. The van der Waals surface area contributed by atoms with Crippen LogP contribution in [-0.2, 0) is 6.42 Å². The second-order valence-corrected chi connectivity index (χ2v) is 5.79. The number of rotatable bonds is 6. The van der Waals surface area contributed by atoms with E-state index in [1.165, 1.54) is 16.5 Å². The van der Waals surface area contributed by atoms with Crippen LogP contribution in [0.2, 0.25) is 0 Å². The van der Waals surface area contributed by atoms with Gasteiger partial charge in [0.1, 0.15) is 5.82 Å². The largest absolute Gasteiger partial charge is 0.370 e. The lowest BCUT2D eigenvalue weighted by atomic mass is 10.1. The molecule has 0 unspecified atom stereocenters. The summed E-state index contributed by atoms with van der Waals surface area (Å²) in [5.41, 5.74) is 3.45. The highest BCUT2D eigenvalue weighted by Gasteiger charge is 2.03. The molecule has 0 aliphatic rings. The van der Waals surface area contributed by atoms with Gasteiger partial charge < -0.3 is 15.6 Å². The first kappa shape index (κ1) is 15.2.